The van der Waals surface area contributed by atoms with E-state index in [9.17, 15) is 20.1 Å². The molecule has 58 heavy (non-hydrogen) atoms. The van der Waals surface area contributed by atoms with Gasteiger partial charge in [-0.15, -0.1) is 0 Å². The smallest absolute Gasteiger partial charge is 0.249 e. The summed E-state index contributed by atoms with van der Waals surface area (Å²) >= 11 is 0. The van der Waals surface area contributed by atoms with E-state index in [2.05, 4.69) is 31.3 Å². The van der Waals surface area contributed by atoms with Crippen molar-refractivity contribution in [3.8, 4) is 0 Å². The van der Waals surface area contributed by atoms with Gasteiger partial charge in [0.25, 0.3) is 0 Å². The molecule has 0 aliphatic rings. The van der Waals surface area contributed by atoms with Gasteiger partial charge in [-0.2, -0.15) is 0 Å². The SMILES string of the molecule is CCCCCCCCCCCCCC/C=C\CCCCCCCCCCCCCCCCCCC(O)C(=O)NC(CO)C(O)CCCCCCCCCCCCCC. The number of aliphatic hydroxyl groups is 3. The molecule has 0 aliphatic carbocycles. The van der Waals surface area contributed by atoms with Crippen molar-refractivity contribution in [3.05, 3.63) is 12.2 Å². The van der Waals surface area contributed by atoms with Gasteiger partial charge in [-0.05, 0) is 38.5 Å². The molecule has 0 aromatic heterocycles. The summed E-state index contributed by atoms with van der Waals surface area (Å²) in [6, 6.07) is -0.707. The average Bonchev–Trinajstić information content (AvgIpc) is 3.23. The van der Waals surface area contributed by atoms with Crippen LogP contribution >= 0.6 is 0 Å². The number of hydrogen-bond acceptors (Lipinski definition) is 4. The molecular weight excluding hydrogens is 715 g/mol. The van der Waals surface area contributed by atoms with E-state index in [-0.39, 0.29) is 6.61 Å². The fraction of sp³-hybridized carbons (Fsp3) is 0.943. The van der Waals surface area contributed by atoms with Crippen molar-refractivity contribution in [2.75, 3.05) is 6.61 Å². The van der Waals surface area contributed by atoms with E-state index >= 15 is 0 Å². The third-order valence-electron chi connectivity index (χ3n) is 12.6. The van der Waals surface area contributed by atoms with Crippen molar-refractivity contribution in [1.82, 2.24) is 5.32 Å². The molecule has 0 aliphatic heterocycles. The zero-order valence-corrected chi connectivity index (χ0v) is 39.5. The lowest BCUT2D eigenvalue weighted by Crippen LogP contribution is -2.49. The Balaban J connectivity index is 3.46. The predicted molar refractivity (Wildman–Crippen MR) is 255 cm³/mol. The second kappa shape index (κ2) is 48.8. The number of hydrogen-bond donors (Lipinski definition) is 4. The Morgan fingerprint density at radius 1 is 0.397 bits per heavy atom. The molecule has 5 heteroatoms. The minimum Gasteiger partial charge on any atom is -0.394 e. The maximum Gasteiger partial charge on any atom is 0.249 e. The first kappa shape index (κ1) is 57.1. The van der Waals surface area contributed by atoms with Crippen LogP contribution in [0.25, 0.3) is 0 Å². The molecule has 1 amide bonds. The molecule has 346 valence electrons. The molecule has 0 radical (unpaired) electrons. The van der Waals surface area contributed by atoms with E-state index < -0.39 is 24.2 Å². The minimum absolute atomic E-state index is 0.310. The first-order valence-corrected chi connectivity index (χ1v) is 26.5. The van der Waals surface area contributed by atoms with Gasteiger partial charge in [-0.25, -0.2) is 0 Å². The number of amides is 1. The Morgan fingerprint density at radius 2 is 0.655 bits per heavy atom. The number of nitrogens with one attached hydrogen (secondary N) is 1. The van der Waals surface area contributed by atoms with Crippen LogP contribution in [0.2, 0.25) is 0 Å². The van der Waals surface area contributed by atoms with Crippen molar-refractivity contribution >= 4 is 5.91 Å². The van der Waals surface area contributed by atoms with E-state index in [1.807, 2.05) is 0 Å². The highest BCUT2D eigenvalue weighted by atomic mass is 16.3. The second-order valence-corrected chi connectivity index (χ2v) is 18.4. The van der Waals surface area contributed by atoms with Crippen LogP contribution < -0.4 is 5.32 Å². The van der Waals surface area contributed by atoms with Crippen LogP contribution in [0.4, 0.5) is 0 Å². The summed E-state index contributed by atoms with van der Waals surface area (Å²) in [5, 5.41) is 33.4. The van der Waals surface area contributed by atoms with E-state index in [4.69, 9.17) is 0 Å². The van der Waals surface area contributed by atoms with Crippen LogP contribution in [0.5, 0.6) is 0 Å². The second-order valence-electron chi connectivity index (χ2n) is 18.4. The molecule has 0 bridgehead atoms. The molecular formula is C53H105NO4. The van der Waals surface area contributed by atoms with Gasteiger partial charge in [0.2, 0.25) is 5.91 Å². The predicted octanol–water partition coefficient (Wildman–Crippen LogP) is 15.9. The lowest BCUT2D eigenvalue weighted by Gasteiger charge is -2.23. The van der Waals surface area contributed by atoms with Gasteiger partial charge in [0.15, 0.2) is 0 Å². The molecule has 0 spiro atoms. The van der Waals surface area contributed by atoms with Crippen molar-refractivity contribution in [2.24, 2.45) is 0 Å². The van der Waals surface area contributed by atoms with Crippen LogP contribution in [0.3, 0.4) is 0 Å². The summed E-state index contributed by atoms with van der Waals surface area (Å²) in [5.74, 6) is -0.466. The van der Waals surface area contributed by atoms with Crippen molar-refractivity contribution < 1.29 is 20.1 Å². The maximum atomic E-state index is 12.5. The molecule has 0 rings (SSSR count). The Labute approximate surface area is 363 Å². The summed E-state index contributed by atoms with van der Waals surface area (Å²) in [6.45, 7) is 4.25. The first-order valence-electron chi connectivity index (χ1n) is 26.5. The number of allylic oxidation sites excluding steroid dienone is 2. The molecule has 0 saturated carbocycles. The fourth-order valence-electron chi connectivity index (χ4n) is 8.48. The monoisotopic (exact) mass is 820 g/mol. The Morgan fingerprint density at radius 3 is 0.948 bits per heavy atom. The summed E-state index contributed by atoms with van der Waals surface area (Å²) in [5.41, 5.74) is 0. The van der Waals surface area contributed by atoms with Crippen molar-refractivity contribution in [2.45, 2.75) is 315 Å². The van der Waals surface area contributed by atoms with Gasteiger partial charge < -0.3 is 20.6 Å². The van der Waals surface area contributed by atoms with Crippen molar-refractivity contribution in [3.63, 3.8) is 0 Å². The largest absolute Gasteiger partial charge is 0.394 e. The number of carbonyl (C=O) groups is 1. The molecule has 0 aromatic rings. The fourth-order valence-corrected chi connectivity index (χ4v) is 8.48. The summed E-state index contributed by atoms with van der Waals surface area (Å²) in [6.07, 6.45) is 59.7. The van der Waals surface area contributed by atoms with E-state index in [0.29, 0.717) is 12.8 Å². The highest BCUT2D eigenvalue weighted by molar-refractivity contribution is 5.80. The van der Waals surface area contributed by atoms with Gasteiger partial charge in [-0.1, -0.05) is 270 Å². The highest BCUT2D eigenvalue weighted by Gasteiger charge is 2.23. The number of aliphatic hydroxyl groups excluding tert-OH is 3. The quantitative estimate of drug-likeness (QED) is 0.0364. The number of rotatable bonds is 49. The highest BCUT2D eigenvalue weighted by Crippen LogP contribution is 2.17. The number of carbonyl (C=O) groups excluding carboxylic acids is 1. The molecule has 0 saturated heterocycles. The van der Waals surface area contributed by atoms with Gasteiger partial charge in [0.05, 0.1) is 18.8 Å². The molecule has 3 atom stereocenters. The van der Waals surface area contributed by atoms with Crippen LogP contribution in [0.15, 0.2) is 12.2 Å². The van der Waals surface area contributed by atoms with E-state index in [1.54, 1.807) is 0 Å². The number of unbranched alkanes of at least 4 members (excludes halogenated alkanes) is 39. The molecule has 4 N–H and O–H groups in total. The first-order chi connectivity index (χ1) is 28.6. The molecule has 0 fully saturated rings. The zero-order valence-electron chi connectivity index (χ0n) is 39.5. The molecule has 0 heterocycles. The summed E-state index contributed by atoms with van der Waals surface area (Å²) < 4.78 is 0. The minimum atomic E-state index is -1.07. The summed E-state index contributed by atoms with van der Waals surface area (Å²) in [7, 11) is 0. The zero-order chi connectivity index (χ0) is 42.3. The van der Waals surface area contributed by atoms with Crippen molar-refractivity contribution in [1.29, 1.82) is 0 Å². The summed E-state index contributed by atoms with van der Waals surface area (Å²) in [4.78, 5) is 12.5. The van der Waals surface area contributed by atoms with E-state index in [1.165, 1.54) is 238 Å². The molecule has 3 unspecified atom stereocenters. The van der Waals surface area contributed by atoms with Crippen LogP contribution in [-0.2, 0) is 4.79 Å². The third kappa shape index (κ3) is 43.2. The van der Waals surface area contributed by atoms with Crippen LogP contribution in [0.1, 0.15) is 296 Å². The lowest BCUT2D eigenvalue weighted by atomic mass is 10.0. The Bertz CT molecular complexity index is 818. The van der Waals surface area contributed by atoms with E-state index in [0.717, 1.165) is 32.1 Å². The lowest BCUT2D eigenvalue weighted by molar-refractivity contribution is -0.131. The Hall–Kier alpha value is -0.910. The normalized spacial score (nSPS) is 13.4. The topological polar surface area (TPSA) is 89.8 Å². The van der Waals surface area contributed by atoms with Gasteiger partial charge >= 0.3 is 0 Å². The molecule has 0 aromatic carbocycles. The Kier molecular flexibility index (Phi) is 48.0. The molecule has 5 nitrogen and oxygen atoms in total. The maximum absolute atomic E-state index is 12.5. The third-order valence-corrected chi connectivity index (χ3v) is 12.6. The average molecular weight is 820 g/mol. The van der Waals surface area contributed by atoms with Gasteiger partial charge in [0, 0.05) is 0 Å². The van der Waals surface area contributed by atoms with Gasteiger partial charge in [-0.3, -0.25) is 4.79 Å². The van der Waals surface area contributed by atoms with Gasteiger partial charge in [0.1, 0.15) is 6.10 Å². The van der Waals surface area contributed by atoms with Crippen LogP contribution in [0, 0.1) is 0 Å². The standard InChI is InChI=1S/C53H105NO4/c1-3-5-7-9-11-13-15-17-18-19-20-21-22-23-24-25-26-27-28-29-30-31-32-33-34-35-36-38-40-42-44-46-48-52(57)53(58)54-50(49-55)51(56)47-45-43-41-39-37-16-14-12-10-8-6-4-2/h23-24,50-52,55-57H,3-22,25-49H2,1-2H3,(H,54,58)/b24-23-. The van der Waals surface area contributed by atoms with Crippen LogP contribution in [-0.4, -0.2) is 46.1 Å².